The van der Waals surface area contributed by atoms with Crippen molar-refractivity contribution in [3.8, 4) is 34.8 Å². The third kappa shape index (κ3) is 8.50. The standard InChI is InChI=1S/C30H26O8/c1-17(2)27(31)35-23-12-11-22(26(16-23)38-30(34)20(7)8)10-9-21-13-24(36-28(32)18(3)4)15-25(14-21)37-29(33)19(5)6/h11-16H,1,3,5,7H2,2,4,6,8H3. The van der Waals surface area contributed by atoms with Crippen molar-refractivity contribution in [2.75, 3.05) is 0 Å². The second-order valence-corrected chi connectivity index (χ2v) is 8.28. The number of hydrogen-bond acceptors (Lipinski definition) is 8. The number of carbonyl (C=O) groups is 4. The molecule has 38 heavy (non-hydrogen) atoms. The molecule has 0 radical (unpaired) electrons. The molecule has 0 fully saturated rings. The fourth-order valence-electron chi connectivity index (χ4n) is 2.42. The highest BCUT2D eigenvalue weighted by molar-refractivity contribution is 5.91. The number of benzene rings is 2. The third-order valence-corrected chi connectivity index (χ3v) is 4.40. The molecular formula is C30H26O8. The number of rotatable bonds is 8. The molecule has 0 amide bonds. The lowest BCUT2D eigenvalue weighted by atomic mass is 10.1. The lowest BCUT2D eigenvalue weighted by molar-refractivity contribution is -0.131. The summed E-state index contributed by atoms with van der Waals surface area (Å²) in [6, 6.07) is 8.54. The second-order valence-electron chi connectivity index (χ2n) is 8.28. The van der Waals surface area contributed by atoms with E-state index in [0.29, 0.717) is 5.56 Å². The van der Waals surface area contributed by atoms with Crippen molar-refractivity contribution in [2.45, 2.75) is 27.7 Å². The van der Waals surface area contributed by atoms with Crippen molar-refractivity contribution in [3.63, 3.8) is 0 Å². The Bertz CT molecular complexity index is 1400. The minimum Gasteiger partial charge on any atom is -0.423 e. The zero-order valence-electron chi connectivity index (χ0n) is 21.6. The van der Waals surface area contributed by atoms with E-state index >= 15 is 0 Å². The maximum atomic E-state index is 12.2. The summed E-state index contributed by atoms with van der Waals surface area (Å²) in [5.74, 6) is 3.22. The monoisotopic (exact) mass is 514 g/mol. The van der Waals surface area contributed by atoms with Gasteiger partial charge in [-0.25, -0.2) is 19.2 Å². The molecule has 0 aliphatic carbocycles. The van der Waals surface area contributed by atoms with Gasteiger partial charge >= 0.3 is 23.9 Å². The molecule has 0 bridgehead atoms. The predicted octanol–water partition coefficient (Wildman–Crippen LogP) is 5.01. The highest BCUT2D eigenvalue weighted by Crippen LogP contribution is 2.27. The molecular weight excluding hydrogens is 488 g/mol. The van der Waals surface area contributed by atoms with E-state index in [-0.39, 0.29) is 50.9 Å². The summed E-state index contributed by atoms with van der Waals surface area (Å²) >= 11 is 0. The average Bonchev–Trinajstić information content (AvgIpc) is 2.83. The van der Waals surface area contributed by atoms with Crippen LogP contribution in [0.3, 0.4) is 0 Å². The highest BCUT2D eigenvalue weighted by Gasteiger charge is 2.14. The van der Waals surface area contributed by atoms with Crippen LogP contribution in [0.5, 0.6) is 23.0 Å². The topological polar surface area (TPSA) is 105 Å². The molecule has 0 heterocycles. The van der Waals surface area contributed by atoms with Gasteiger partial charge in [0.25, 0.3) is 0 Å². The zero-order chi connectivity index (χ0) is 28.6. The molecule has 0 atom stereocenters. The average molecular weight is 515 g/mol. The number of esters is 4. The van der Waals surface area contributed by atoms with Gasteiger partial charge in [-0.15, -0.1) is 0 Å². The minimum atomic E-state index is -0.709. The minimum absolute atomic E-state index is 0.0105. The van der Waals surface area contributed by atoms with E-state index in [2.05, 4.69) is 38.2 Å². The van der Waals surface area contributed by atoms with Crippen LogP contribution in [-0.2, 0) is 19.2 Å². The van der Waals surface area contributed by atoms with Gasteiger partial charge in [0, 0.05) is 40.0 Å². The first kappa shape index (κ1) is 29.1. The first-order chi connectivity index (χ1) is 17.8. The Hall–Kier alpha value is -5.16. The van der Waals surface area contributed by atoms with Gasteiger partial charge in [-0.3, -0.25) is 0 Å². The Kier molecular flexibility index (Phi) is 9.71. The Labute approximate surface area is 220 Å². The summed E-state index contributed by atoms with van der Waals surface area (Å²) in [5, 5.41) is 0. The Morgan fingerprint density at radius 3 is 1.42 bits per heavy atom. The fraction of sp³-hybridized carbons (Fsp3) is 0.133. The van der Waals surface area contributed by atoms with Gasteiger partial charge in [-0.1, -0.05) is 38.2 Å². The highest BCUT2D eigenvalue weighted by atomic mass is 16.6. The van der Waals surface area contributed by atoms with Crippen LogP contribution in [0.15, 0.2) is 85.0 Å². The van der Waals surface area contributed by atoms with E-state index in [1.165, 1.54) is 64.1 Å². The van der Waals surface area contributed by atoms with Gasteiger partial charge in [0.05, 0.1) is 5.56 Å². The van der Waals surface area contributed by atoms with E-state index < -0.39 is 23.9 Å². The van der Waals surface area contributed by atoms with Crippen molar-refractivity contribution in [2.24, 2.45) is 0 Å². The quantitative estimate of drug-likeness (QED) is 0.209. The third-order valence-electron chi connectivity index (χ3n) is 4.40. The van der Waals surface area contributed by atoms with Crippen molar-refractivity contribution in [3.05, 3.63) is 96.1 Å². The van der Waals surface area contributed by atoms with Crippen LogP contribution in [0.25, 0.3) is 0 Å². The van der Waals surface area contributed by atoms with E-state index in [0.717, 1.165) is 0 Å². The van der Waals surface area contributed by atoms with Crippen molar-refractivity contribution in [1.29, 1.82) is 0 Å². The molecule has 194 valence electrons. The van der Waals surface area contributed by atoms with E-state index in [4.69, 9.17) is 18.9 Å². The number of hydrogen-bond donors (Lipinski definition) is 0. The molecule has 0 unspecified atom stereocenters. The molecule has 0 aromatic heterocycles. The normalized spacial score (nSPS) is 9.68. The molecule has 8 heteroatoms. The van der Waals surface area contributed by atoms with E-state index in [1.807, 2.05) is 0 Å². The molecule has 2 aromatic carbocycles. The first-order valence-corrected chi connectivity index (χ1v) is 11.1. The maximum Gasteiger partial charge on any atom is 0.338 e. The first-order valence-electron chi connectivity index (χ1n) is 11.1. The lowest BCUT2D eigenvalue weighted by Gasteiger charge is -2.10. The molecule has 8 nitrogen and oxygen atoms in total. The molecule has 2 rings (SSSR count). The molecule has 0 aliphatic heterocycles. The van der Waals surface area contributed by atoms with Crippen LogP contribution < -0.4 is 18.9 Å². The Morgan fingerprint density at radius 2 is 0.974 bits per heavy atom. The summed E-state index contributed by atoms with van der Waals surface area (Å²) in [5.41, 5.74) is 1.22. The zero-order valence-corrected chi connectivity index (χ0v) is 21.6. The van der Waals surface area contributed by atoms with E-state index in [9.17, 15) is 19.2 Å². The molecule has 0 saturated carbocycles. The summed E-state index contributed by atoms with van der Waals surface area (Å²) in [6.07, 6.45) is 0. The van der Waals surface area contributed by atoms with E-state index in [1.54, 1.807) is 0 Å². The van der Waals surface area contributed by atoms with Crippen LogP contribution in [0.1, 0.15) is 38.8 Å². The van der Waals surface area contributed by atoms with Crippen molar-refractivity contribution < 1.29 is 38.1 Å². The largest absolute Gasteiger partial charge is 0.423 e. The van der Waals surface area contributed by atoms with Gasteiger partial charge in [0.15, 0.2) is 5.75 Å². The SMILES string of the molecule is C=C(C)C(=O)Oc1cc(C#Cc2ccc(OC(=O)C(=C)C)cc2OC(=O)C(=C)C)cc(OC(=O)C(=C)C)c1. The molecule has 0 saturated heterocycles. The van der Waals surface area contributed by atoms with Crippen LogP contribution in [0.2, 0.25) is 0 Å². The van der Waals surface area contributed by atoms with Gasteiger partial charge in [-0.2, -0.15) is 0 Å². The van der Waals surface area contributed by atoms with Gasteiger partial charge < -0.3 is 18.9 Å². The summed E-state index contributed by atoms with van der Waals surface area (Å²) in [7, 11) is 0. The van der Waals surface area contributed by atoms with Crippen LogP contribution >= 0.6 is 0 Å². The molecule has 2 aromatic rings. The molecule has 0 aliphatic rings. The summed E-state index contributed by atoms with van der Waals surface area (Å²) < 4.78 is 21.1. The fourth-order valence-corrected chi connectivity index (χ4v) is 2.42. The molecule has 0 spiro atoms. The summed E-state index contributed by atoms with van der Waals surface area (Å²) in [6.45, 7) is 20.1. The summed E-state index contributed by atoms with van der Waals surface area (Å²) in [4.78, 5) is 48.1. The van der Waals surface area contributed by atoms with Gasteiger partial charge in [-0.05, 0) is 52.0 Å². The van der Waals surface area contributed by atoms with Crippen LogP contribution in [-0.4, -0.2) is 23.9 Å². The Balaban J connectivity index is 2.54. The smallest absolute Gasteiger partial charge is 0.338 e. The van der Waals surface area contributed by atoms with Crippen LogP contribution in [0, 0.1) is 11.8 Å². The maximum absolute atomic E-state index is 12.2. The van der Waals surface area contributed by atoms with Gasteiger partial charge in [0.1, 0.15) is 17.2 Å². The van der Waals surface area contributed by atoms with Crippen LogP contribution in [0.4, 0.5) is 0 Å². The Morgan fingerprint density at radius 1 is 0.553 bits per heavy atom. The number of ether oxygens (including phenoxy) is 4. The van der Waals surface area contributed by atoms with Gasteiger partial charge in [0.2, 0.25) is 0 Å². The number of carbonyl (C=O) groups excluding carboxylic acids is 4. The van der Waals surface area contributed by atoms with Crippen molar-refractivity contribution in [1.82, 2.24) is 0 Å². The second kappa shape index (κ2) is 12.7. The predicted molar refractivity (Wildman–Crippen MR) is 141 cm³/mol. The molecule has 0 N–H and O–H groups in total. The lowest BCUT2D eigenvalue weighted by Crippen LogP contribution is -2.11. The van der Waals surface area contributed by atoms with Crippen molar-refractivity contribution >= 4 is 23.9 Å².